The maximum atomic E-state index is 12.6. The number of nitrogens with zero attached hydrogens (tertiary/aromatic N) is 1. The van der Waals surface area contributed by atoms with E-state index in [0.29, 0.717) is 54.8 Å². The van der Waals surface area contributed by atoms with Crippen LogP contribution in [0.2, 0.25) is 0 Å². The van der Waals surface area contributed by atoms with Gasteiger partial charge in [0.25, 0.3) is 10.0 Å². The Labute approximate surface area is 188 Å². The number of hydrogen-bond donors (Lipinski definition) is 1. The molecule has 0 saturated carbocycles. The zero-order valence-corrected chi connectivity index (χ0v) is 19.6. The summed E-state index contributed by atoms with van der Waals surface area (Å²) in [6, 6.07) is 9.01. The van der Waals surface area contributed by atoms with Gasteiger partial charge in [-0.15, -0.1) is 11.3 Å². The van der Waals surface area contributed by atoms with Crippen LogP contribution in [0.1, 0.15) is 38.2 Å². The third kappa shape index (κ3) is 5.99. The molecule has 31 heavy (non-hydrogen) atoms. The van der Waals surface area contributed by atoms with Crippen molar-refractivity contribution in [3.63, 3.8) is 0 Å². The molecule has 1 aliphatic heterocycles. The molecule has 2 heterocycles. The SMILES string of the molecule is CCCCOc1ccc(CNC(=O)C2CCN(S(=O)(=O)c3cccs3)CC2)cc1OC. The average molecular weight is 467 g/mol. The molecule has 0 spiro atoms. The summed E-state index contributed by atoms with van der Waals surface area (Å²) < 4.78 is 38.2. The summed E-state index contributed by atoms with van der Waals surface area (Å²) in [5.41, 5.74) is 0.922. The number of unbranched alkanes of at least 4 members (excludes halogenated alkanes) is 1. The Morgan fingerprint density at radius 1 is 1.23 bits per heavy atom. The van der Waals surface area contributed by atoms with Crippen LogP contribution >= 0.6 is 11.3 Å². The van der Waals surface area contributed by atoms with Gasteiger partial charge in [-0.25, -0.2) is 8.42 Å². The molecule has 0 unspecified atom stereocenters. The molecule has 1 aliphatic rings. The van der Waals surface area contributed by atoms with Gasteiger partial charge in [0.2, 0.25) is 5.91 Å². The molecule has 0 radical (unpaired) electrons. The summed E-state index contributed by atoms with van der Waals surface area (Å²) >= 11 is 1.22. The van der Waals surface area contributed by atoms with Crippen LogP contribution in [0.4, 0.5) is 0 Å². The van der Waals surface area contributed by atoms with Crippen molar-refractivity contribution in [2.24, 2.45) is 5.92 Å². The molecule has 3 rings (SSSR count). The van der Waals surface area contributed by atoms with Crippen molar-refractivity contribution < 1.29 is 22.7 Å². The van der Waals surface area contributed by atoms with E-state index >= 15 is 0 Å². The van der Waals surface area contributed by atoms with Gasteiger partial charge >= 0.3 is 0 Å². The second-order valence-electron chi connectivity index (χ2n) is 7.52. The van der Waals surface area contributed by atoms with Crippen LogP contribution < -0.4 is 14.8 Å². The molecule has 2 aromatic rings. The number of ether oxygens (including phenoxy) is 2. The third-order valence-electron chi connectivity index (χ3n) is 5.36. The maximum Gasteiger partial charge on any atom is 0.252 e. The fraction of sp³-hybridized carbons (Fsp3) is 0.500. The predicted octanol–water partition coefficient (Wildman–Crippen LogP) is 3.65. The van der Waals surface area contributed by atoms with Crippen molar-refractivity contribution >= 4 is 27.3 Å². The average Bonchev–Trinajstić information content (AvgIpc) is 3.34. The first-order valence-electron chi connectivity index (χ1n) is 10.6. The molecule has 1 amide bonds. The van der Waals surface area contributed by atoms with E-state index in [1.807, 2.05) is 18.2 Å². The zero-order valence-electron chi connectivity index (χ0n) is 18.0. The molecule has 1 fully saturated rings. The highest BCUT2D eigenvalue weighted by Gasteiger charge is 2.32. The Bertz CT molecular complexity index is 952. The Hall–Kier alpha value is -2.10. The first kappa shape index (κ1) is 23.6. The molecule has 170 valence electrons. The summed E-state index contributed by atoms with van der Waals surface area (Å²) in [5.74, 6) is 1.11. The lowest BCUT2D eigenvalue weighted by Crippen LogP contribution is -2.42. The van der Waals surface area contributed by atoms with Crippen LogP contribution in [0.15, 0.2) is 39.9 Å². The maximum absolute atomic E-state index is 12.6. The van der Waals surface area contributed by atoms with Gasteiger partial charge in [-0.1, -0.05) is 25.5 Å². The van der Waals surface area contributed by atoms with E-state index in [0.717, 1.165) is 18.4 Å². The smallest absolute Gasteiger partial charge is 0.252 e. The van der Waals surface area contributed by atoms with E-state index in [-0.39, 0.29) is 11.8 Å². The van der Waals surface area contributed by atoms with Crippen LogP contribution in [-0.2, 0) is 21.4 Å². The van der Waals surface area contributed by atoms with Crippen LogP contribution in [0.3, 0.4) is 0 Å². The molecule has 7 nitrogen and oxygen atoms in total. The summed E-state index contributed by atoms with van der Waals surface area (Å²) in [4.78, 5) is 12.6. The van der Waals surface area contributed by atoms with E-state index in [1.54, 1.807) is 24.6 Å². The second-order valence-corrected chi connectivity index (χ2v) is 10.6. The van der Waals surface area contributed by atoms with Gasteiger partial charge in [-0.3, -0.25) is 4.79 Å². The fourth-order valence-electron chi connectivity index (χ4n) is 3.50. The van der Waals surface area contributed by atoms with Crippen molar-refractivity contribution in [3.8, 4) is 11.5 Å². The highest BCUT2D eigenvalue weighted by Crippen LogP contribution is 2.29. The summed E-state index contributed by atoms with van der Waals surface area (Å²) in [6.07, 6.45) is 3.08. The molecule has 1 saturated heterocycles. The lowest BCUT2D eigenvalue weighted by atomic mass is 9.97. The van der Waals surface area contributed by atoms with Crippen molar-refractivity contribution in [3.05, 3.63) is 41.3 Å². The molecule has 1 aromatic heterocycles. The standard InChI is InChI=1S/C22H30N2O5S2/c1-3-4-13-29-19-8-7-17(15-20(19)28-2)16-23-22(25)18-9-11-24(12-10-18)31(26,27)21-6-5-14-30-21/h5-8,14-15,18H,3-4,9-13,16H2,1-2H3,(H,23,25). The molecule has 0 atom stereocenters. The number of methoxy groups -OCH3 is 1. The van der Waals surface area contributed by atoms with E-state index in [4.69, 9.17) is 9.47 Å². The normalized spacial score (nSPS) is 15.5. The quantitative estimate of drug-likeness (QED) is 0.540. The monoisotopic (exact) mass is 466 g/mol. The number of thiophene rings is 1. The molecular weight excluding hydrogens is 436 g/mol. The molecule has 0 aliphatic carbocycles. The Kier molecular flexibility index (Phi) is 8.34. The fourth-order valence-corrected chi connectivity index (χ4v) is 6.11. The first-order valence-corrected chi connectivity index (χ1v) is 12.9. The Balaban J connectivity index is 1.50. The van der Waals surface area contributed by atoms with Gasteiger partial charge in [0.1, 0.15) is 4.21 Å². The minimum absolute atomic E-state index is 0.0459. The van der Waals surface area contributed by atoms with Gasteiger partial charge in [0, 0.05) is 25.6 Å². The summed E-state index contributed by atoms with van der Waals surface area (Å²) in [6.45, 7) is 3.85. The van der Waals surface area contributed by atoms with Crippen molar-refractivity contribution in [2.75, 3.05) is 26.8 Å². The van der Waals surface area contributed by atoms with Crippen molar-refractivity contribution in [1.82, 2.24) is 9.62 Å². The predicted molar refractivity (Wildman–Crippen MR) is 121 cm³/mol. The third-order valence-corrected chi connectivity index (χ3v) is 8.64. The largest absolute Gasteiger partial charge is 0.493 e. The van der Waals surface area contributed by atoms with Crippen LogP contribution in [0.25, 0.3) is 0 Å². The number of amides is 1. The lowest BCUT2D eigenvalue weighted by molar-refractivity contribution is -0.126. The zero-order chi connectivity index (χ0) is 22.3. The van der Waals surface area contributed by atoms with Crippen LogP contribution in [0.5, 0.6) is 11.5 Å². The van der Waals surface area contributed by atoms with E-state index in [1.165, 1.54) is 15.6 Å². The lowest BCUT2D eigenvalue weighted by Gasteiger charge is -2.30. The van der Waals surface area contributed by atoms with Crippen LogP contribution in [0, 0.1) is 5.92 Å². The number of sulfonamides is 1. The highest BCUT2D eigenvalue weighted by atomic mass is 32.2. The first-order chi connectivity index (χ1) is 15.0. The molecule has 9 heteroatoms. The Morgan fingerprint density at radius 3 is 2.65 bits per heavy atom. The molecule has 0 bridgehead atoms. The molecular formula is C22H30N2O5S2. The number of carbonyl (C=O) groups is 1. The second kappa shape index (κ2) is 11.0. The number of rotatable bonds is 10. The number of benzene rings is 1. The minimum Gasteiger partial charge on any atom is -0.493 e. The van der Waals surface area contributed by atoms with Gasteiger partial charge in [0.15, 0.2) is 11.5 Å². The number of piperidine rings is 1. The molecule has 1 aromatic carbocycles. The van der Waals surface area contributed by atoms with E-state index < -0.39 is 10.0 Å². The number of carbonyl (C=O) groups excluding carboxylic acids is 1. The van der Waals surface area contributed by atoms with Gasteiger partial charge in [-0.05, 0) is 48.4 Å². The summed E-state index contributed by atoms with van der Waals surface area (Å²) in [7, 11) is -1.85. The molecule has 1 N–H and O–H groups in total. The number of nitrogens with one attached hydrogen (secondary N) is 1. The van der Waals surface area contributed by atoms with E-state index in [2.05, 4.69) is 12.2 Å². The van der Waals surface area contributed by atoms with E-state index in [9.17, 15) is 13.2 Å². The van der Waals surface area contributed by atoms with Crippen molar-refractivity contribution in [2.45, 2.75) is 43.4 Å². The minimum atomic E-state index is -3.45. The highest BCUT2D eigenvalue weighted by molar-refractivity contribution is 7.91. The van der Waals surface area contributed by atoms with Gasteiger partial charge < -0.3 is 14.8 Å². The topological polar surface area (TPSA) is 84.9 Å². The van der Waals surface area contributed by atoms with Gasteiger partial charge in [-0.2, -0.15) is 4.31 Å². The van der Waals surface area contributed by atoms with Crippen LogP contribution in [-0.4, -0.2) is 45.4 Å². The van der Waals surface area contributed by atoms with Gasteiger partial charge in [0.05, 0.1) is 13.7 Å². The van der Waals surface area contributed by atoms with Crippen molar-refractivity contribution in [1.29, 1.82) is 0 Å². The number of hydrogen-bond acceptors (Lipinski definition) is 6. The Morgan fingerprint density at radius 2 is 2.00 bits per heavy atom. The summed E-state index contributed by atoms with van der Waals surface area (Å²) in [5, 5.41) is 4.73.